The molecule has 0 radical (unpaired) electrons. The van der Waals surface area contributed by atoms with Crippen molar-refractivity contribution in [1.82, 2.24) is 4.90 Å². The zero-order chi connectivity index (χ0) is 15.4. The minimum absolute atomic E-state index is 0.0812. The van der Waals surface area contributed by atoms with E-state index in [0.717, 1.165) is 16.4 Å². The Morgan fingerprint density at radius 2 is 2.24 bits per heavy atom. The number of amides is 1. The minimum atomic E-state index is -0.220. The summed E-state index contributed by atoms with van der Waals surface area (Å²) in [6.45, 7) is 3.24. The standard InChI is InChI=1S/C15H17ClINO3/c1-2-21-15(20)11-4-3-7-18(9-11)14(19)10-5-6-13(17)12(16)8-10/h5-6,8,11H,2-4,7,9H2,1H3/t11-/m0/s1. The molecule has 0 N–H and O–H groups in total. The van der Waals surface area contributed by atoms with Crippen molar-refractivity contribution in [3.8, 4) is 0 Å². The van der Waals surface area contributed by atoms with E-state index in [1.165, 1.54) is 0 Å². The summed E-state index contributed by atoms with van der Waals surface area (Å²) < 4.78 is 5.96. The highest BCUT2D eigenvalue weighted by atomic mass is 127. The third-order valence-corrected chi connectivity index (χ3v) is 5.07. The summed E-state index contributed by atoms with van der Waals surface area (Å²) in [5.41, 5.74) is 0.560. The quantitative estimate of drug-likeness (QED) is 0.555. The van der Waals surface area contributed by atoms with Crippen molar-refractivity contribution in [3.05, 3.63) is 32.4 Å². The van der Waals surface area contributed by atoms with Crippen molar-refractivity contribution in [2.75, 3.05) is 19.7 Å². The molecular formula is C15H17ClINO3. The van der Waals surface area contributed by atoms with Crippen LogP contribution in [-0.2, 0) is 9.53 Å². The van der Waals surface area contributed by atoms with E-state index in [9.17, 15) is 9.59 Å². The third kappa shape index (κ3) is 4.10. The van der Waals surface area contributed by atoms with Gasteiger partial charge in [0.25, 0.3) is 5.91 Å². The van der Waals surface area contributed by atoms with Gasteiger partial charge in [0.15, 0.2) is 0 Å². The molecule has 0 aromatic heterocycles. The first kappa shape index (κ1) is 16.5. The summed E-state index contributed by atoms with van der Waals surface area (Å²) >= 11 is 8.19. The number of benzene rings is 1. The lowest BCUT2D eigenvalue weighted by molar-refractivity contribution is -0.149. The van der Waals surface area contributed by atoms with Crippen LogP contribution in [0, 0.1) is 9.49 Å². The Bertz CT molecular complexity index is 550. The van der Waals surface area contributed by atoms with Crippen molar-refractivity contribution in [1.29, 1.82) is 0 Å². The molecule has 1 amide bonds. The molecule has 1 aliphatic heterocycles. The maximum absolute atomic E-state index is 12.5. The Hall–Kier alpha value is -0.820. The second-order valence-electron chi connectivity index (χ2n) is 4.97. The zero-order valence-corrected chi connectivity index (χ0v) is 14.7. The van der Waals surface area contributed by atoms with E-state index in [1.807, 2.05) is 6.07 Å². The molecule has 0 spiro atoms. The van der Waals surface area contributed by atoms with Crippen molar-refractivity contribution < 1.29 is 14.3 Å². The van der Waals surface area contributed by atoms with E-state index >= 15 is 0 Å². The van der Waals surface area contributed by atoms with Crippen LogP contribution in [0.25, 0.3) is 0 Å². The maximum Gasteiger partial charge on any atom is 0.310 e. The first-order valence-corrected chi connectivity index (χ1v) is 8.39. The lowest BCUT2D eigenvalue weighted by Gasteiger charge is -2.31. The summed E-state index contributed by atoms with van der Waals surface area (Å²) in [7, 11) is 0. The molecule has 1 aromatic carbocycles. The van der Waals surface area contributed by atoms with Gasteiger partial charge < -0.3 is 9.64 Å². The lowest BCUT2D eigenvalue weighted by Crippen LogP contribution is -2.42. The second-order valence-corrected chi connectivity index (χ2v) is 6.54. The molecule has 6 heteroatoms. The SMILES string of the molecule is CCOC(=O)[C@H]1CCCN(C(=O)c2ccc(I)c(Cl)c2)C1. The average Bonchev–Trinajstić information content (AvgIpc) is 2.49. The van der Waals surface area contributed by atoms with Gasteiger partial charge in [0.2, 0.25) is 0 Å². The van der Waals surface area contributed by atoms with E-state index < -0.39 is 0 Å². The average molecular weight is 422 g/mol. The van der Waals surface area contributed by atoms with Gasteiger partial charge in [-0.25, -0.2) is 0 Å². The lowest BCUT2D eigenvalue weighted by atomic mass is 9.97. The van der Waals surface area contributed by atoms with E-state index in [0.29, 0.717) is 30.3 Å². The number of carbonyl (C=O) groups is 2. The molecular weight excluding hydrogens is 405 g/mol. The first-order valence-electron chi connectivity index (χ1n) is 6.94. The van der Waals surface area contributed by atoms with Crippen LogP contribution in [0.3, 0.4) is 0 Å². The monoisotopic (exact) mass is 421 g/mol. The highest BCUT2D eigenvalue weighted by molar-refractivity contribution is 14.1. The third-order valence-electron chi connectivity index (χ3n) is 3.50. The molecule has 0 unspecified atom stereocenters. The summed E-state index contributed by atoms with van der Waals surface area (Å²) in [5, 5.41) is 0.570. The molecule has 21 heavy (non-hydrogen) atoms. The largest absolute Gasteiger partial charge is 0.466 e. The number of carbonyl (C=O) groups excluding carboxylic acids is 2. The van der Waals surface area contributed by atoms with Gasteiger partial charge in [0, 0.05) is 22.2 Å². The number of nitrogens with zero attached hydrogens (tertiary/aromatic N) is 1. The van der Waals surface area contributed by atoms with Crippen LogP contribution in [-0.4, -0.2) is 36.5 Å². The topological polar surface area (TPSA) is 46.6 Å². The molecule has 0 bridgehead atoms. The van der Waals surface area contributed by atoms with Crippen LogP contribution in [0.5, 0.6) is 0 Å². The molecule has 2 rings (SSSR count). The van der Waals surface area contributed by atoms with Crippen molar-refractivity contribution in [3.63, 3.8) is 0 Å². The van der Waals surface area contributed by atoms with E-state index in [2.05, 4.69) is 22.6 Å². The summed E-state index contributed by atoms with van der Waals surface area (Å²) in [5.74, 6) is -0.514. The normalized spacial score (nSPS) is 18.4. The molecule has 1 saturated heterocycles. The number of halogens is 2. The van der Waals surface area contributed by atoms with Gasteiger partial charge in [-0.15, -0.1) is 0 Å². The molecule has 1 aliphatic rings. The van der Waals surface area contributed by atoms with Gasteiger partial charge in [-0.2, -0.15) is 0 Å². The highest BCUT2D eigenvalue weighted by Crippen LogP contribution is 2.23. The number of rotatable bonds is 3. The van der Waals surface area contributed by atoms with Crippen molar-refractivity contribution in [2.24, 2.45) is 5.92 Å². The van der Waals surface area contributed by atoms with Gasteiger partial charge in [-0.1, -0.05) is 11.6 Å². The Balaban J connectivity index is 2.08. The van der Waals surface area contributed by atoms with Crippen LogP contribution < -0.4 is 0 Å². The fraction of sp³-hybridized carbons (Fsp3) is 0.467. The highest BCUT2D eigenvalue weighted by Gasteiger charge is 2.29. The number of hydrogen-bond acceptors (Lipinski definition) is 3. The number of likely N-dealkylation sites (tertiary alicyclic amines) is 1. The fourth-order valence-corrected chi connectivity index (χ4v) is 2.94. The summed E-state index contributed by atoms with van der Waals surface area (Å²) in [6, 6.07) is 5.27. The summed E-state index contributed by atoms with van der Waals surface area (Å²) in [6.07, 6.45) is 1.59. The van der Waals surface area contributed by atoms with Crippen LogP contribution >= 0.6 is 34.2 Å². The first-order chi connectivity index (χ1) is 10.0. The molecule has 1 heterocycles. The number of esters is 1. The predicted molar refractivity (Wildman–Crippen MR) is 89.4 cm³/mol. The molecule has 114 valence electrons. The molecule has 0 aliphatic carbocycles. The zero-order valence-electron chi connectivity index (χ0n) is 11.8. The van der Waals surface area contributed by atoms with Gasteiger partial charge in [-0.3, -0.25) is 9.59 Å². The molecule has 0 saturated carbocycles. The van der Waals surface area contributed by atoms with Crippen LogP contribution in [0.2, 0.25) is 5.02 Å². The van der Waals surface area contributed by atoms with Crippen LogP contribution in [0.4, 0.5) is 0 Å². The predicted octanol–water partition coefficient (Wildman–Crippen LogP) is 3.36. The Morgan fingerprint density at radius 1 is 1.48 bits per heavy atom. The smallest absolute Gasteiger partial charge is 0.310 e. The van der Waals surface area contributed by atoms with E-state index in [4.69, 9.17) is 16.3 Å². The van der Waals surface area contributed by atoms with Gasteiger partial charge in [0.05, 0.1) is 17.5 Å². The van der Waals surface area contributed by atoms with Gasteiger partial charge >= 0.3 is 5.97 Å². The van der Waals surface area contributed by atoms with Crippen LogP contribution in [0.15, 0.2) is 18.2 Å². The molecule has 1 atom stereocenters. The molecule has 4 nitrogen and oxygen atoms in total. The van der Waals surface area contributed by atoms with Crippen molar-refractivity contribution >= 4 is 46.1 Å². The van der Waals surface area contributed by atoms with E-state index in [1.54, 1.807) is 24.0 Å². The second kappa shape index (κ2) is 7.45. The Labute approximate surface area is 142 Å². The molecule has 1 fully saturated rings. The van der Waals surface area contributed by atoms with Gasteiger partial charge in [0.1, 0.15) is 0 Å². The Kier molecular flexibility index (Phi) is 5.87. The Morgan fingerprint density at radius 3 is 2.90 bits per heavy atom. The fourth-order valence-electron chi connectivity index (χ4n) is 2.43. The maximum atomic E-state index is 12.5. The number of ether oxygens (including phenoxy) is 1. The minimum Gasteiger partial charge on any atom is -0.466 e. The van der Waals surface area contributed by atoms with Gasteiger partial charge in [-0.05, 0) is 60.6 Å². The summed E-state index contributed by atoms with van der Waals surface area (Å²) in [4.78, 5) is 26.0. The number of hydrogen-bond donors (Lipinski definition) is 0. The van der Waals surface area contributed by atoms with Crippen molar-refractivity contribution in [2.45, 2.75) is 19.8 Å². The molecule has 1 aromatic rings. The number of piperidine rings is 1. The van der Waals surface area contributed by atoms with Crippen LogP contribution in [0.1, 0.15) is 30.1 Å². The van der Waals surface area contributed by atoms with E-state index in [-0.39, 0.29) is 17.8 Å².